The van der Waals surface area contributed by atoms with Gasteiger partial charge in [0.2, 0.25) is 5.91 Å². The van der Waals surface area contributed by atoms with Crippen molar-refractivity contribution in [3.8, 4) is 5.75 Å². The summed E-state index contributed by atoms with van der Waals surface area (Å²) in [7, 11) is 1.60. The molecule has 0 radical (unpaired) electrons. The second-order valence-corrected chi connectivity index (χ2v) is 7.28. The second-order valence-electron chi connectivity index (χ2n) is 7.28. The molecule has 2 heterocycles. The SMILES string of the molecule is COc1cccc([C@@H]2[C@H]3C(=O)N(c4ccccc4)C(=O)[C@@H]3ON2c2ccccc2)c1. The van der Waals surface area contributed by atoms with E-state index in [1.165, 1.54) is 4.90 Å². The monoisotopic (exact) mass is 400 g/mol. The van der Waals surface area contributed by atoms with Gasteiger partial charge in [0, 0.05) is 0 Å². The van der Waals surface area contributed by atoms with Crippen molar-refractivity contribution in [2.24, 2.45) is 5.92 Å². The van der Waals surface area contributed by atoms with Gasteiger partial charge < -0.3 is 4.74 Å². The summed E-state index contributed by atoms with van der Waals surface area (Å²) < 4.78 is 5.38. The molecule has 2 fully saturated rings. The number of nitrogens with zero attached hydrogens (tertiary/aromatic N) is 2. The topological polar surface area (TPSA) is 59.1 Å². The number of hydrogen-bond donors (Lipinski definition) is 0. The molecule has 6 heteroatoms. The zero-order valence-electron chi connectivity index (χ0n) is 16.3. The fourth-order valence-corrected chi connectivity index (χ4v) is 4.21. The van der Waals surface area contributed by atoms with E-state index in [2.05, 4.69) is 0 Å². The minimum Gasteiger partial charge on any atom is -0.497 e. The molecule has 0 saturated carbocycles. The molecule has 3 atom stereocenters. The third-order valence-corrected chi connectivity index (χ3v) is 5.58. The Kier molecular flexibility index (Phi) is 4.48. The van der Waals surface area contributed by atoms with E-state index in [1.54, 1.807) is 36.4 Å². The van der Waals surface area contributed by atoms with Crippen molar-refractivity contribution < 1.29 is 19.2 Å². The summed E-state index contributed by atoms with van der Waals surface area (Å²) in [6.07, 6.45) is -0.880. The molecule has 0 N–H and O–H groups in total. The quantitative estimate of drug-likeness (QED) is 0.625. The maximum Gasteiger partial charge on any atom is 0.266 e. The van der Waals surface area contributed by atoms with Gasteiger partial charge >= 0.3 is 0 Å². The molecule has 0 aromatic heterocycles. The first kappa shape index (κ1) is 18.4. The largest absolute Gasteiger partial charge is 0.497 e. The van der Waals surface area contributed by atoms with Crippen molar-refractivity contribution in [2.75, 3.05) is 17.1 Å². The number of para-hydroxylation sites is 2. The van der Waals surface area contributed by atoms with E-state index in [0.29, 0.717) is 11.4 Å². The maximum absolute atomic E-state index is 13.5. The molecule has 0 aliphatic carbocycles. The van der Waals surface area contributed by atoms with E-state index in [0.717, 1.165) is 11.3 Å². The fourth-order valence-electron chi connectivity index (χ4n) is 4.21. The van der Waals surface area contributed by atoms with E-state index in [-0.39, 0.29) is 11.8 Å². The van der Waals surface area contributed by atoms with Crippen LogP contribution in [0, 0.1) is 5.92 Å². The summed E-state index contributed by atoms with van der Waals surface area (Å²) in [5, 5.41) is 1.68. The van der Waals surface area contributed by atoms with E-state index in [4.69, 9.17) is 9.57 Å². The Labute approximate surface area is 174 Å². The number of hydrogen-bond acceptors (Lipinski definition) is 5. The summed E-state index contributed by atoms with van der Waals surface area (Å²) in [5.74, 6) is -0.587. The van der Waals surface area contributed by atoms with Crippen molar-refractivity contribution in [1.29, 1.82) is 0 Å². The summed E-state index contributed by atoms with van der Waals surface area (Å²) >= 11 is 0. The Morgan fingerprint density at radius 3 is 2.13 bits per heavy atom. The van der Waals surface area contributed by atoms with Crippen LogP contribution in [0.2, 0.25) is 0 Å². The zero-order chi connectivity index (χ0) is 20.7. The number of methoxy groups -OCH3 is 1. The van der Waals surface area contributed by atoms with Gasteiger partial charge in [-0.1, -0.05) is 48.5 Å². The molecule has 2 aliphatic heterocycles. The number of amides is 2. The number of ether oxygens (including phenoxy) is 1. The van der Waals surface area contributed by atoms with Crippen LogP contribution in [-0.2, 0) is 14.4 Å². The minimum atomic E-state index is -0.880. The first-order valence-corrected chi connectivity index (χ1v) is 9.77. The van der Waals surface area contributed by atoms with Gasteiger partial charge in [-0.2, -0.15) is 0 Å². The molecule has 0 spiro atoms. The maximum atomic E-state index is 13.5. The lowest BCUT2D eigenvalue weighted by Gasteiger charge is -2.29. The highest BCUT2D eigenvalue weighted by molar-refractivity contribution is 6.23. The third-order valence-electron chi connectivity index (χ3n) is 5.58. The van der Waals surface area contributed by atoms with Crippen LogP contribution in [0.5, 0.6) is 5.75 Å². The van der Waals surface area contributed by atoms with Crippen molar-refractivity contribution >= 4 is 23.2 Å². The lowest BCUT2D eigenvalue weighted by atomic mass is 9.90. The summed E-state index contributed by atoms with van der Waals surface area (Å²) in [5.41, 5.74) is 2.19. The van der Waals surface area contributed by atoms with Gasteiger partial charge in [-0.15, -0.1) is 0 Å². The molecule has 2 saturated heterocycles. The highest BCUT2D eigenvalue weighted by atomic mass is 16.7. The van der Waals surface area contributed by atoms with Crippen molar-refractivity contribution in [3.63, 3.8) is 0 Å². The molecule has 2 aliphatic rings. The van der Waals surface area contributed by atoms with Gasteiger partial charge in [0.1, 0.15) is 11.7 Å². The average molecular weight is 400 g/mol. The van der Waals surface area contributed by atoms with Crippen LogP contribution in [0.3, 0.4) is 0 Å². The molecule has 3 aromatic carbocycles. The fraction of sp³-hybridized carbons (Fsp3) is 0.167. The van der Waals surface area contributed by atoms with Crippen LogP contribution < -0.4 is 14.7 Å². The Morgan fingerprint density at radius 1 is 0.800 bits per heavy atom. The number of hydroxylamine groups is 1. The highest BCUT2D eigenvalue weighted by Gasteiger charge is 2.60. The average Bonchev–Trinajstić information content (AvgIpc) is 3.31. The third kappa shape index (κ3) is 2.84. The first-order chi connectivity index (χ1) is 14.7. The molecule has 5 rings (SSSR count). The van der Waals surface area contributed by atoms with Gasteiger partial charge in [-0.05, 0) is 42.0 Å². The van der Waals surface area contributed by atoms with Crippen LogP contribution in [0.1, 0.15) is 11.6 Å². The molecule has 6 nitrogen and oxygen atoms in total. The van der Waals surface area contributed by atoms with Gasteiger partial charge in [0.05, 0.1) is 24.5 Å². The number of anilines is 2. The van der Waals surface area contributed by atoms with E-state index in [1.807, 2.05) is 60.7 Å². The zero-order valence-corrected chi connectivity index (χ0v) is 16.3. The molecule has 2 amide bonds. The number of carbonyl (C=O) groups is 2. The molecule has 0 bridgehead atoms. The Hall–Kier alpha value is -3.64. The van der Waals surface area contributed by atoms with Gasteiger partial charge in [0.25, 0.3) is 5.91 Å². The summed E-state index contributed by atoms with van der Waals surface area (Å²) in [6, 6.07) is 25.6. The molecule has 3 aromatic rings. The molecular formula is C24H20N2O4. The van der Waals surface area contributed by atoms with Gasteiger partial charge in [0.15, 0.2) is 6.10 Å². The highest BCUT2D eigenvalue weighted by Crippen LogP contribution is 2.47. The minimum absolute atomic E-state index is 0.262. The summed E-state index contributed by atoms with van der Waals surface area (Å²) in [6.45, 7) is 0. The summed E-state index contributed by atoms with van der Waals surface area (Å²) in [4.78, 5) is 34.1. The number of benzene rings is 3. The molecule has 30 heavy (non-hydrogen) atoms. The lowest BCUT2D eigenvalue weighted by Crippen LogP contribution is -2.37. The van der Waals surface area contributed by atoms with Crippen LogP contribution in [0.15, 0.2) is 84.9 Å². The normalized spacial score (nSPS) is 23.0. The predicted octanol–water partition coefficient (Wildman–Crippen LogP) is 3.75. The Morgan fingerprint density at radius 2 is 1.47 bits per heavy atom. The Bertz CT molecular complexity index is 1090. The molecule has 0 unspecified atom stereocenters. The lowest BCUT2D eigenvalue weighted by molar-refractivity contribution is -0.126. The van der Waals surface area contributed by atoms with E-state index < -0.39 is 18.1 Å². The van der Waals surface area contributed by atoms with Gasteiger partial charge in [-0.3, -0.25) is 14.4 Å². The molecule has 150 valence electrons. The number of imide groups is 1. The van der Waals surface area contributed by atoms with E-state index >= 15 is 0 Å². The molecular weight excluding hydrogens is 380 g/mol. The standard InChI is InChI=1S/C24H20N2O4/c1-29-19-14-8-9-16(15-19)21-20-22(30-26(21)18-12-6-3-7-13-18)24(28)25(23(20)27)17-10-4-2-5-11-17/h2-15,20-22H,1H3/t20-,21-,22-/m1/s1. The number of fused-ring (bicyclic) bond motifs is 1. The Balaban J connectivity index is 1.60. The number of rotatable bonds is 4. The van der Waals surface area contributed by atoms with Crippen LogP contribution in [0.4, 0.5) is 11.4 Å². The van der Waals surface area contributed by atoms with Gasteiger partial charge in [-0.25, -0.2) is 9.96 Å². The van der Waals surface area contributed by atoms with Crippen molar-refractivity contribution in [1.82, 2.24) is 0 Å². The van der Waals surface area contributed by atoms with Crippen LogP contribution in [0.25, 0.3) is 0 Å². The smallest absolute Gasteiger partial charge is 0.266 e. The number of carbonyl (C=O) groups excluding carboxylic acids is 2. The first-order valence-electron chi connectivity index (χ1n) is 9.77. The van der Waals surface area contributed by atoms with Crippen molar-refractivity contribution in [2.45, 2.75) is 12.1 Å². The van der Waals surface area contributed by atoms with Crippen LogP contribution >= 0.6 is 0 Å². The second kappa shape index (κ2) is 7.31. The van der Waals surface area contributed by atoms with Crippen LogP contribution in [-0.4, -0.2) is 25.0 Å². The predicted molar refractivity (Wildman–Crippen MR) is 112 cm³/mol. The van der Waals surface area contributed by atoms with E-state index in [9.17, 15) is 9.59 Å². The van der Waals surface area contributed by atoms with Crippen molar-refractivity contribution in [3.05, 3.63) is 90.5 Å².